The predicted octanol–water partition coefficient (Wildman–Crippen LogP) is 3.53. The number of carbonyl (C=O) groups is 1. The first-order valence-corrected chi connectivity index (χ1v) is 7.28. The number of carbonyl (C=O) groups excluding carboxylic acids is 1. The second-order valence-electron chi connectivity index (χ2n) is 4.11. The number of aldehydes is 1. The number of rotatable bonds is 8. The molecular weight excluding hydrogens is 232 g/mol. The van der Waals surface area contributed by atoms with Crippen LogP contribution >= 0.6 is 11.3 Å². The lowest BCUT2D eigenvalue weighted by atomic mass is 10.2. The molecule has 3 nitrogen and oxygen atoms in total. The molecular formula is C13H22N2OS. The SMILES string of the molecule is CCCCN(CC)c1nc(CCC)c(C=O)s1. The molecule has 0 fully saturated rings. The Kier molecular flexibility index (Phi) is 6.19. The van der Waals surface area contributed by atoms with Crippen molar-refractivity contribution in [2.45, 2.75) is 46.5 Å². The zero-order valence-corrected chi connectivity index (χ0v) is 11.8. The Labute approximate surface area is 108 Å². The fraction of sp³-hybridized carbons (Fsp3) is 0.692. The molecule has 0 saturated heterocycles. The number of unbranched alkanes of at least 4 members (excludes halogenated alkanes) is 1. The summed E-state index contributed by atoms with van der Waals surface area (Å²) in [7, 11) is 0. The van der Waals surface area contributed by atoms with Gasteiger partial charge in [-0.05, 0) is 19.8 Å². The molecule has 96 valence electrons. The average Bonchev–Trinajstić information content (AvgIpc) is 2.74. The molecule has 0 saturated carbocycles. The van der Waals surface area contributed by atoms with Gasteiger partial charge in [0.15, 0.2) is 11.4 Å². The topological polar surface area (TPSA) is 33.2 Å². The molecule has 1 aromatic heterocycles. The summed E-state index contributed by atoms with van der Waals surface area (Å²) >= 11 is 1.53. The summed E-state index contributed by atoms with van der Waals surface area (Å²) < 4.78 is 0. The summed E-state index contributed by atoms with van der Waals surface area (Å²) in [6, 6.07) is 0. The van der Waals surface area contributed by atoms with Crippen LogP contribution in [0.3, 0.4) is 0 Å². The van der Waals surface area contributed by atoms with Crippen LogP contribution < -0.4 is 4.90 Å². The molecule has 17 heavy (non-hydrogen) atoms. The van der Waals surface area contributed by atoms with Crippen molar-refractivity contribution >= 4 is 22.8 Å². The maximum Gasteiger partial charge on any atom is 0.186 e. The Balaban J connectivity index is 2.84. The fourth-order valence-corrected chi connectivity index (χ4v) is 2.75. The number of aryl methyl sites for hydroxylation is 1. The maximum atomic E-state index is 11.0. The summed E-state index contributed by atoms with van der Waals surface area (Å²) in [6.07, 6.45) is 5.23. The van der Waals surface area contributed by atoms with Gasteiger partial charge in [-0.1, -0.05) is 38.0 Å². The first-order valence-electron chi connectivity index (χ1n) is 6.46. The van der Waals surface area contributed by atoms with Crippen LogP contribution in [0.5, 0.6) is 0 Å². The molecule has 0 aliphatic heterocycles. The van der Waals surface area contributed by atoms with Crippen molar-refractivity contribution in [1.29, 1.82) is 0 Å². The third-order valence-electron chi connectivity index (χ3n) is 2.74. The van der Waals surface area contributed by atoms with E-state index in [2.05, 4.69) is 30.7 Å². The quantitative estimate of drug-likeness (QED) is 0.665. The first kappa shape index (κ1) is 14.2. The zero-order chi connectivity index (χ0) is 12.7. The van der Waals surface area contributed by atoms with Gasteiger partial charge in [-0.15, -0.1) is 0 Å². The van der Waals surface area contributed by atoms with Gasteiger partial charge in [0.05, 0.1) is 10.6 Å². The van der Waals surface area contributed by atoms with Gasteiger partial charge < -0.3 is 4.90 Å². The third kappa shape index (κ3) is 3.80. The van der Waals surface area contributed by atoms with Crippen molar-refractivity contribution in [3.8, 4) is 0 Å². The predicted molar refractivity (Wildman–Crippen MR) is 74.3 cm³/mol. The lowest BCUT2D eigenvalue weighted by Gasteiger charge is -2.18. The molecule has 0 radical (unpaired) electrons. The van der Waals surface area contributed by atoms with E-state index < -0.39 is 0 Å². The second-order valence-corrected chi connectivity index (χ2v) is 5.12. The molecule has 0 aliphatic carbocycles. The maximum absolute atomic E-state index is 11.0. The smallest absolute Gasteiger partial charge is 0.186 e. The minimum Gasteiger partial charge on any atom is -0.348 e. The van der Waals surface area contributed by atoms with Gasteiger partial charge >= 0.3 is 0 Å². The molecule has 0 N–H and O–H groups in total. The Morgan fingerprint density at radius 3 is 2.59 bits per heavy atom. The molecule has 0 unspecified atom stereocenters. The van der Waals surface area contributed by atoms with Crippen LogP contribution in [0.15, 0.2) is 0 Å². The lowest BCUT2D eigenvalue weighted by molar-refractivity contribution is 0.112. The minimum atomic E-state index is 0.803. The van der Waals surface area contributed by atoms with Crippen LogP contribution in [0.25, 0.3) is 0 Å². The van der Waals surface area contributed by atoms with Crippen LogP contribution in [-0.2, 0) is 6.42 Å². The second kappa shape index (κ2) is 7.43. The number of aromatic nitrogens is 1. The minimum absolute atomic E-state index is 0.803. The normalized spacial score (nSPS) is 10.5. The van der Waals surface area contributed by atoms with Crippen LogP contribution in [0.2, 0.25) is 0 Å². The van der Waals surface area contributed by atoms with Crippen LogP contribution in [0, 0.1) is 0 Å². The van der Waals surface area contributed by atoms with E-state index in [0.717, 1.165) is 47.9 Å². The highest BCUT2D eigenvalue weighted by Gasteiger charge is 2.14. The van der Waals surface area contributed by atoms with Gasteiger partial charge in [-0.2, -0.15) is 0 Å². The Morgan fingerprint density at radius 1 is 1.29 bits per heavy atom. The highest BCUT2D eigenvalue weighted by molar-refractivity contribution is 7.17. The van der Waals surface area contributed by atoms with Crippen molar-refractivity contribution in [3.05, 3.63) is 10.6 Å². The van der Waals surface area contributed by atoms with Gasteiger partial charge in [0, 0.05) is 13.1 Å². The van der Waals surface area contributed by atoms with Crippen molar-refractivity contribution in [2.75, 3.05) is 18.0 Å². The number of nitrogens with zero attached hydrogens (tertiary/aromatic N) is 2. The zero-order valence-electron chi connectivity index (χ0n) is 11.0. The molecule has 0 amide bonds. The molecule has 0 aliphatic rings. The van der Waals surface area contributed by atoms with E-state index >= 15 is 0 Å². The van der Waals surface area contributed by atoms with E-state index in [1.54, 1.807) is 0 Å². The summed E-state index contributed by atoms with van der Waals surface area (Å²) in [5.74, 6) is 0. The Morgan fingerprint density at radius 2 is 2.06 bits per heavy atom. The van der Waals surface area contributed by atoms with Crippen LogP contribution in [0.4, 0.5) is 5.13 Å². The highest BCUT2D eigenvalue weighted by Crippen LogP contribution is 2.26. The van der Waals surface area contributed by atoms with Crippen molar-refractivity contribution < 1.29 is 4.79 Å². The average molecular weight is 254 g/mol. The van der Waals surface area contributed by atoms with Gasteiger partial charge in [0.2, 0.25) is 0 Å². The van der Waals surface area contributed by atoms with Crippen LogP contribution in [0.1, 0.15) is 55.4 Å². The molecule has 1 heterocycles. The molecule has 0 aromatic carbocycles. The number of hydrogen-bond donors (Lipinski definition) is 0. The molecule has 4 heteroatoms. The van der Waals surface area contributed by atoms with E-state index in [1.807, 2.05) is 0 Å². The molecule has 0 atom stereocenters. The summed E-state index contributed by atoms with van der Waals surface area (Å²) in [6.45, 7) is 8.43. The Bertz CT molecular complexity index is 349. The third-order valence-corrected chi connectivity index (χ3v) is 3.83. The lowest BCUT2D eigenvalue weighted by Crippen LogP contribution is -2.23. The molecule has 1 aromatic rings. The molecule has 1 rings (SSSR count). The Hall–Kier alpha value is -0.900. The van der Waals surface area contributed by atoms with Crippen molar-refractivity contribution in [3.63, 3.8) is 0 Å². The largest absolute Gasteiger partial charge is 0.348 e. The summed E-state index contributed by atoms with van der Waals surface area (Å²) in [5.41, 5.74) is 0.970. The number of hydrogen-bond acceptors (Lipinski definition) is 4. The molecule has 0 bridgehead atoms. The van der Waals surface area contributed by atoms with E-state index in [4.69, 9.17) is 0 Å². The summed E-state index contributed by atoms with van der Waals surface area (Å²) in [5, 5.41) is 1.01. The van der Waals surface area contributed by atoms with Gasteiger partial charge in [-0.3, -0.25) is 4.79 Å². The number of anilines is 1. The molecule has 0 spiro atoms. The monoisotopic (exact) mass is 254 g/mol. The van der Waals surface area contributed by atoms with E-state index in [1.165, 1.54) is 24.2 Å². The van der Waals surface area contributed by atoms with E-state index in [-0.39, 0.29) is 0 Å². The number of thiazole rings is 1. The first-order chi connectivity index (χ1) is 8.26. The standard InChI is InChI=1S/C13H22N2OS/c1-4-7-9-15(6-3)13-14-11(8-5-2)12(10-16)17-13/h10H,4-9H2,1-3H3. The highest BCUT2D eigenvalue weighted by atomic mass is 32.1. The fourth-order valence-electron chi connectivity index (χ4n) is 1.73. The van der Waals surface area contributed by atoms with E-state index in [0.29, 0.717) is 0 Å². The van der Waals surface area contributed by atoms with Gasteiger partial charge in [0.25, 0.3) is 0 Å². The van der Waals surface area contributed by atoms with Crippen molar-refractivity contribution in [1.82, 2.24) is 4.98 Å². The van der Waals surface area contributed by atoms with Crippen molar-refractivity contribution in [2.24, 2.45) is 0 Å². The van der Waals surface area contributed by atoms with Crippen LogP contribution in [-0.4, -0.2) is 24.4 Å². The van der Waals surface area contributed by atoms with Gasteiger partial charge in [-0.25, -0.2) is 4.98 Å². The van der Waals surface area contributed by atoms with E-state index in [9.17, 15) is 4.79 Å². The van der Waals surface area contributed by atoms with Gasteiger partial charge in [0.1, 0.15) is 0 Å². The summed E-state index contributed by atoms with van der Waals surface area (Å²) in [4.78, 5) is 18.7.